The van der Waals surface area contributed by atoms with E-state index in [4.69, 9.17) is 0 Å². The van der Waals surface area contributed by atoms with Crippen molar-refractivity contribution >= 4 is 7.85 Å². The largest absolute Gasteiger partial charge is 0.129 e. The van der Waals surface area contributed by atoms with Crippen LogP contribution in [0, 0.1) is 0 Å². The third kappa shape index (κ3) is 3.83. The summed E-state index contributed by atoms with van der Waals surface area (Å²) in [6, 6.07) is 0. The first-order valence-corrected chi connectivity index (χ1v) is 3.21. The molecule has 0 unspecified atom stereocenters. The predicted molar refractivity (Wildman–Crippen MR) is 46.3 cm³/mol. The molecule has 0 amide bonds. The van der Waals surface area contributed by atoms with E-state index >= 15 is 0 Å². The van der Waals surface area contributed by atoms with Crippen LogP contribution in [0.3, 0.4) is 0 Å². The van der Waals surface area contributed by atoms with E-state index in [-0.39, 0.29) is 0 Å². The average molecular weight is 120 g/mol. The summed E-state index contributed by atoms with van der Waals surface area (Å²) in [5.41, 5.74) is 1.39. The Bertz CT molecular complexity index is 111. The SMILES string of the molecule is BC=C(CC=C)CC=C. The van der Waals surface area contributed by atoms with Crippen molar-refractivity contribution in [3.05, 3.63) is 36.9 Å². The highest BCUT2D eigenvalue weighted by Crippen LogP contribution is 2.05. The van der Waals surface area contributed by atoms with Gasteiger partial charge in [0.05, 0.1) is 0 Å². The molecule has 0 aromatic rings. The summed E-state index contributed by atoms with van der Waals surface area (Å²) in [6.07, 6.45) is 5.81. The second-order valence-electron chi connectivity index (χ2n) is 1.93. The van der Waals surface area contributed by atoms with E-state index in [0.29, 0.717) is 0 Å². The van der Waals surface area contributed by atoms with Crippen LogP contribution in [-0.2, 0) is 0 Å². The predicted octanol–water partition coefficient (Wildman–Crippen LogP) is 1.66. The van der Waals surface area contributed by atoms with Crippen LogP contribution in [0.5, 0.6) is 0 Å². The lowest BCUT2D eigenvalue weighted by atomic mass is 10.00. The standard InChI is InChI=1S/C8H13B/c1-3-5-8(7-9)6-4-2/h3-4,7H,1-2,5-6,9H2. The molecule has 0 aliphatic rings. The van der Waals surface area contributed by atoms with Crippen molar-refractivity contribution in [1.82, 2.24) is 0 Å². The second kappa shape index (κ2) is 5.42. The summed E-state index contributed by atoms with van der Waals surface area (Å²) in [5.74, 6) is 2.11. The zero-order chi connectivity index (χ0) is 7.11. The van der Waals surface area contributed by atoms with Crippen LogP contribution in [0.15, 0.2) is 36.9 Å². The molecular weight excluding hydrogens is 107 g/mol. The molecule has 0 radical (unpaired) electrons. The van der Waals surface area contributed by atoms with Crippen molar-refractivity contribution in [2.24, 2.45) is 0 Å². The Labute approximate surface area is 58.4 Å². The normalized spacial score (nSPS) is 8.00. The molecule has 0 bridgehead atoms. The van der Waals surface area contributed by atoms with Gasteiger partial charge in [0.15, 0.2) is 0 Å². The summed E-state index contributed by atoms with van der Waals surface area (Å²) in [7, 11) is 2.04. The quantitative estimate of drug-likeness (QED) is 0.391. The van der Waals surface area contributed by atoms with E-state index in [1.165, 1.54) is 5.57 Å². The van der Waals surface area contributed by atoms with Crippen LogP contribution in [-0.4, -0.2) is 7.85 Å². The Balaban J connectivity index is 3.68. The molecule has 0 atom stereocenters. The van der Waals surface area contributed by atoms with Crippen molar-refractivity contribution in [3.63, 3.8) is 0 Å². The first-order valence-electron chi connectivity index (χ1n) is 3.21. The Morgan fingerprint density at radius 2 is 1.67 bits per heavy atom. The lowest BCUT2D eigenvalue weighted by Crippen LogP contribution is -1.77. The molecule has 0 spiro atoms. The van der Waals surface area contributed by atoms with E-state index < -0.39 is 0 Å². The molecule has 0 nitrogen and oxygen atoms in total. The molecule has 0 heterocycles. The number of rotatable bonds is 4. The number of hydrogen-bond acceptors (Lipinski definition) is 0. The van der Waals surface area contributed by atoms with Crippen LogP contribution in [0.25, 0.3) is 0 Å². The first kappa shape index (κ1) is 8.28. The van der Waals surface area contributed by atoms with E-state index in [0.717, 1.165) is 12.8 Å². The topological polar surface area (TPSA) is 0 Å². The zero-order valence-corrected chi connectivity index (χ0v) is 6.06. The summed E-state index contributed by atoms with van der Waals surface area (Å²) >= 11 is 0. The van der Waals surface area contributed by atoms with Gasteiger partial charge in [0.1, 0.15) is 7.85 Å². The van der Waals surface area contributed by atoms with Gasteiger partial charge in [-0.1, -0.05) is 17.7 Å². The van der Waals surface area contributed by atoms with Gasteiger partial charge >= 0.3 is 0 Å². The maximum atomic E-state index is 3.66. The fourth-order valence-corrected chi connectivity index (χ4v) is 0.690. The fraction of sp³-hybridized carbons (Fsp3) is 0.250. The molecule has 9 heavy (non-hydrogen) atoms. The summed E-state index contributed by atoms with van der Waals surface area (Å²) in [4.78, 5) is 0. The Kier molecular flexibility index (Phi) is 4.99. The molecule has 0 rings (SSSR count). The highest BCUT2D eigenvalue weighted by atomic mass is 13.9. The summed E-state index contributed by atoms with van der Waals surface area (Å²) < 4.78 is 0. The molecule has 0 saturated heterocycles. The van der Waals surface area contributed by atoms with Gasteiger partial charge in [-0.15, -0.1) is 19.1 Å². The highest BCUT2D eigenvalue weighted by molar-refractivity contribution is 6.17. The van der Waals surface area contributed by atoms with Crippen LogP contribution >= 0.6 is 0 Å². The Morgan fingerprint density at radius 3 is 1.89 bits per heavy atom. The maximum Gasteiger partial charge on any atom is 0.129 e. The minimum Gasteiger partial charge on any atom is -0.124 e. The molecule has 0 aromatic heterocycles. The van der Waals surface area contributed by atoms with Crippen molar-refractivity contribution in [1.29, 1.82) is 0 Å². The van der Waals surface area contributed by atoms with Crippen molar-refractivity contribution in [2.75, 3.05) is 0 Å². The van der Waals surface area contributed by atoms with Crippen LogP contribution < -0.4 is 0 Å². The highest BCUT2D eigenvalue weighted by Gasteiger charge is 1.86. The van der Waals surface area contributed by atoms with Crippen LogP contribution in [0.4, 0.5) is 0 Å². The van der Waals surface area contributed by atoms with Gasteiger partial charge < -0.3 is 0 Å². The molecule has 0 fully saturated rings. The fourth-order valence-electron chi connectivity index (χ4n) is 0.690. The number of allylic oxidation sites excluding steroid dienone is 3. The Morgan fingerprint density at radius 1 is 1.22 bits per heavy atom. The van der Waals surface area contributed by atoms with E-state index in [2.05, 4.69) is 19.1 Å². The number of hydrogen-bond donors (Lipinski definition) is 0. The van der Waals surface area contributed by atoms with E-state index in [1.54, 1.807) is 0 Å². The van der Waals surface area contributed by atoms with Crippen molar-refractivity contribution in [2.45, 2.75) is 12.8 Å². The van der Waals surface area contributed by atoms with E-state index in [9.17, 15) is 0 Å². The van der Waals surface area contributed by atoms with E-state index in [1.807, 2.05) is 20.0 Å². The molecule has 0 aliphatic carbocycles. The summed E-state index contributed by atoms with van der Waals surface area (Å²) in [6.45, 7) is 7.31. The average Bonchev–Trinajstić information content (AvgIpc) is 1.88. The minimum atomic E-state index is 0.989. The van der Waals surface area contributed by atoms with Gasteiger partial charge in [0, 0.05) is 0 Å². The molecule has 0 aliphatic heterocycles. The second-order valence-corrected chi connectivity index (χ2v) is 1.93. The Hall–Kier alpha value is -0.715. The zero-order valence-electron chi connectivity index (χ0n) is 6.06. The van der Waals surface area contributed by atoms with Gasteiger partial charge in [-0.25, -0.2) is 0 Å². The molecule has 0 saturated carbocycles. The summed E-state index contributed by atoms with van der Waals surface area (Å²) in [5, 5.41) is 0. The smallest absolute Gasteiger partial charge is 0.124 e. The monoisotopic (exact) mass is 120 g/mol. The maximum absolute atomic E-state index is 3.66. The van der Waals surface area contributed by atoms with Gasteiger partial charge in [-0.05, 0) is 12.8 Å². The lowest BCUT2D eigenvalue weighted by molar-refractivity contribution is 1.12. The van der Waals surface area contributed by atoms with Gasteiger partial charge in [0.2, 0.25) is 0 Å². The van der Waals surface area contributed by atoms with Crippen molar-refractivity contribution in [3.8, 4) is 0 Å². The van der Waals surface area contributed by atoms with Gasteiger partial charge in [-0.2, -0.15) is 0 Å². The molecule has 48 valence electrons. The van der Waals surface area contributed by atoms with Gasteiger partial charge in [-0.3, -0.25) is 0 Å². The van der Waals surface area contributed by atoms with Gasteiger partial charge in [0.25, 0.3) is 0 Å². The third-order valence-electron chi connectivity index (χ3n) is 1.22. The molecule has 0 aromatic carbocycles. The third-order valence-corrected chi connectivity index (χ3v) is 1.22. The lowest BCUT2D eigenvalue weighted by Gasteiger charge is -1.96. The van der Waals surface area contributed by atoms with Crippen LogP contribution in [0.2, 0.25) is 0 Å². The molecular formula is C8H13B. The molecule has 0 N–H and O–H groups in total. The minimum absolute atomic E-state index is 0.989. The first-order chi connectivity index (χ1) is 4.35. The van der Waals surface area contributed by atoms with Crippen LogP contribution in [0.1, 0.15) is 12.8 Å². The van der Waals surface area contributed by atoms with Crippen molar-refractivity contribution < 1.29 is 0 Å². The molecule has 1 heteroatoms.